The molecule has 0 bridgehead atoms. The van der Waals surface area contributed by atoms with E-state index in [9.17, 15) is 9.59 Å². The van der Waals surface area contributed by atoms with Gasteiger partial charge in [-0.05, 0) is 37.1 Å². The molecule has 1 aromatic heterocycles. The largest absolute Gasteiger partial charge is 0.352 e. The molecule has 0 saturated carbocycles. The van der Waals surface area contributed by atoms with E-state index >= 15 is 0 Å². The van der Waals surface area contributed by atoms with Crippen LogP contribution in [0.25, 0.3) is 5.69 Å². The van der Waals surface area contributed by atoms with Crippen LogP contribution in [-0.4, -0.2) is 39.7 Å². The molecule has 1 fully saturated rings. The Kier molecular flexibility index (Phi) is 6.08. The molecule has 30 heavy (non-hydrogen) atoms. The lowest BCUT2D eigenvalue weighted by atomic mass is 9.97. The van der Waals surface area contributed by atoms with E-state index in [4.69, 9.17) is 0 Å². The van der Waals surface area contributed by atoms with Crippen LogP contribution in [0.15, 0.2) is 73.1 Å². The molecule has 1 unspecified atom stereocenters. The fourth-order valence-electron chi connectivity index (χ4n) is 3.61. The number of rotatable bonds is 5. The molecule has 2 N–H and O–H groups in total. The first-order chi connectivity index (χ1) is 14.7. The number of hydrogen-bond acceptors (Lipinski definition) is 3. The number of aromatic nitrogens is 2. The van der Waals surface area contributed by atoms with Crippen molar-refractivity contribution in [2.75, 3.05) is 18.4 Å². The predicted octanol–water partition coefficient (Wildman–Crippen LogP) is 3.43. The Hall–Kier alpha value is -3.61. The van der Waals surface area contributed by atoms with Crippen LogP contribution < -0.4 is 10.6 Å². The smallest absolute Gasteiger partial charge is 0.321 e. The van der Waals surface area contributed by atoms with Gasteiger partial charge in [0.15, 0.2) is 0 Å². The number of hydrogen-bond donors (Lipinski definition) is 2. The number of anilines is 1. The number of urea groups is 1. The SMILES string of the molecule is O=C(NCc1cnn(-c2ccccc2)c1)C1CCCN(C(=O)Nc2ccccc2)C1. The first kappa shape index (κ1) is 19.7. The summed E-state index contributed by atoms with van der Waals surface area (Å²) in [6, 6.07) is 19.0. The van der Waals surface area contributed by atoms with E-state index in [1.807, 2.05) is 66.9 Å². The van der Waals surface area contributed by atoms with Crippen LogP contribution in [0.5, 0.6) is 0 Å². The number of carbonyl (C=O) groups excluding carboxylic acids is 2. The monoisotopic (exact) mass is 403 g/mol. The molecule has 4 rings (SSSR count). The fraction of sp³-hybridized carbons (Fsp3) is 0.261. The summed E-state index contributed by atoms with van der Waals surface area (Å²) >= 11 is 0. The third-order valence-electron chi connectivity index (χ3n) is 5.23. The van der Waals surface area contributed by atoms with Crippen LogP contribution in [0.4, 0.5) is 10.5 Å². The van der Waals surface area contributed by atoms with Gasteiger partial charge in [0.05, 0.1) is 17.8 Å². The second-order valence-corrected chi connectivity index (χ2v) is 7.43. The first-order valence-corrected chi connectivity index (χ1v) is 10.2. The number of nitrogens with one attached hydrogen (secondary N) is 2. The molecule has 3 amide bonds. The Labute approximate surface area is 175 Å². The molecule has 3 aromatic rings. The van der Waals surface area contributed by atoms with E-state index in [0.717, 1.165) is 29.8 Å². The zero-order chi connectivity index (χ0) is 20.8. The fourth-order valence-corrected chi connectivity index (χ4v) is 3.61. The second kappa shape index (κ2) is 9.26. The Balaban J connectivity index is 1.29. The van der Waals surface area contributed by atoms with Gasteiger partial charge in [0.2, 0.25) is 5.91 Å². The van der Waals surface area contributed by atoms with Crippen molar-refractivity contribution in [3.05, 3.63) is 78.6 Å². The number of carbonyl (C=O) groups is 2. The molecule has 0 spiro atoms. The zero-order valence-corrected chi connectivity index (χ0v) is 16.7. The van der Waals surface area contributed by atoms with Gasteiger partial charge in [0, 0.05) is 37.1 Å². The summed E-state index contributed by atoms with van der Waals surface area (Å²) in [7, 11) is 0. The highest BCUT2D eigenvalue weighted by atomic mass is 16.2. The minimum atomic E-state index is -0.204. The summed E-state index contributed by atoms with van der Waals surface area (Å²) < 4.78 is 1.79. The molecule has 1 atom stereocenters. The Morgan fingerprint density at radius 1 is 1.03 bits per heavy atom. The minimum Gasteiger partial charge on any atom is -0.352 e. The molecule has 1 aliphatic heterocycles. The van der Waals surface area contributed by atoms with Crippen molar-refractivity contribution in [1.29, 1.82) is 0 Å². The lowest BCUT2D eigenvalue weighted by Crippen LogP contribution is -2.46. The molecule has 0 aliphatic carbocycles. The maximum atomic E-state index is 12.7. The molecule has 2 aromatic carbocycles. The molecule has 1 aliphatic rings. The number of amides is 3. The summed E-state index contributed by atoms with van der Waals surface area (Å²) in [5.74, 6) is -0.232. The third kappa shape index (κ3) is 4.86. The van der Waals surface area contributed by atoms with Crippen LogP contribution in [0, 0.1) is 5.92 Å². The van der Waals surface area contributed by atoms with Gasteiger partial charge in [-0.2, -0.15) is 5.10 Å². The number of nitrogens with zero attached hydrogens (tertiary/aromatic N) is 3. The van der Waals surface area contributed by atoms with Gasteiger partial charge < -0.3 is 15.5 Å². The van der Waals surface area contributed by atoms with Crippen LogP contribution >= 0.6 is 0 Å². The zero-order valence-electron chi connectivity index (χ0n) is 16.7. The van der Waals surface area contributed by atoms with Crippen molar-refractivity contribution in [2.45, 2.75) is 19.4 Å². The maximum absolute atomic E-state index is 12.7. The van der Waals surface area contributed by atoms with Crippen LogP contribution in [0.1, 0.15) is 18.4 Å². The molecule has 7 nitrogen and oxygen atoms in total. The molecule has 2 heterocycles. The van der Waals surface area contributed by atoms with E-state index in [-0.39, 0.29) is 17.9 Å². The predicted molar refractivity (Wildman–Crippen MR) is 115 cm³/mol. The van der Waals surface area contributed by atoms with E-state index in [1.54, 1.807) is 15.8 Å². The average molecular weight is 403 g/mol. The van der Waals surface area contributed by atoms with Crippen molar-refractivity contribution in [1.82, 2.24) is 20.0 Å². The lowest BCUT2D eigenvalue weighted by Gasteiger charge is -2.32. The Morgan fingerprint density at radius 2 is 1.77 bits per heavy atom. The van der Waals surface area contributed by atoms with Crippen molar-refractivity contribution in [3.8, 4) is 5.69 Å². The molecular formula is C23H25N5O2. The van der Waals surface area contributed by atoms with Gasteiger partial charge in [-0.15, -0.1) is 0 Å². The quantitative estimate of drug-likeness (QED) is 0.685. The van der Waals surface area contributed by atoms with Gasteiger partial charge in [-0.1, -0.05) is 36.4 Å². The Morgan fingerprint density at radius 3 is 2.53 bits per heavy atom. The summed E-state index contributed by atoms with van der Waals surface area (Å²) in [5.41, 5.74) is 2.66. The van der Waals surface area contributed by atoms with Crippen LogP contribution in [0.3, 0.4) is 0 Å². The van der Waals surface area contributed by atoms with Gasteiger partial charge in [-0.3, -0.25) is 4.79 Å². The van der Waals surface area contributed by atoms with Gasteiger partial charge in [0.1, 0.15) is 0 Å². The van der Waals surface area contributed by atoms with Crippen LogP contribution in [-0.2, 0) is 11.3 Å². The summed E-state index contributed by atoms with van der Waals surface area (Å²) in [6.45, 7) is 1.50. The highest BCUT2D eigenvalue weighted by molar-refractivity contribution is 5.90. The van der Waals surface area contributed by atoms with Gasteiger partial charge >= 0.3 is 6.03 Å². The Bertz CT molecular complexity index is 987. The normalized spacial score (nSPS) is 16.1. The number of benzene rings is 2. The van der Waals surface area contributed by atoms with Crippen molar-refractivity contribution < 1.29 is 9.59 Å². The highest BCUT2D eigenvalue weighted by Crippen LogP contribution is 2.18. The van der Waals surface area contributed by atoms with Crippen molar-refractivity contribution >= 4 is 17.6 Å². The summed E-state index contributed by atoms with van der Waals surface area (Å²) in [4.78, 5) is 26.9. The van der Waals surface area contributed by atoms with Crippen molar-refractivity contribution in [2.24, 2.45) is 5.92 Å². The summed E-state index contributed by atoms with van der Waals surface area (Å²) in [5, 5.41) is 10.2. The molecule has 7 heteroatoms. The topological polar surface area (TPSA) is 79.3 Å². The lowest BCUT2D eigenvalue weighted by molar-refractivity contribution is -0.126. The van der Waals surface area contributed by atoms with E-state index in [2.05, 4.69) is 15.7 Å². The van der Waals surface area contributed by atoms with Gasteiger partial charge in [-0.25, -0.2) is 9.48 Å². The third-order valence-corrected chi connectivity index (χ3v) is 5.23. The van der Waals surface area contributed by atoms with Crippen molar-refractivity contribution in [3.63, 3.8) is 0 Å². The molecule has 0 radical (unpaired) electrons. The molecular weight excluding hydrogens is 378 g/mol. The highest BCUT2D eigenvalue weighted by Gasteiger charge is 2.28. The molecule has 1 saturated heterocycles. The summed E-state index contributed by atoms with van der Waals surface area (Å²) in [6.07, 6.45) is 5.26. The number of likely N-dealkylation sites (tertiary alicyclic amines) is 1. The number of para-hydroxylation sites is 2. The van der Waals surface area contributed by atoms with E-state index in [1.165, 1.54) is 0 Å². The first-order valence-electron chi connectivity index (χ1n) is 10.2. The second-order valence-electron chi connectivity index (χ2n) is 7.43. The van der Waals surface area contributed by atoms with Gasteiger partial charge in [0.25, 0.3) is 0 Å². The number of piperidine rings is 1. The minimum absolute atomic E-state index is 0.0281. The maximum Gasteiger partial charge on any atom is 0.321 e. The van der Waals surface area contributed by atoms with E-state index < -0.39 is 0 Å². The molecule has 154 valence electrons. The average Bonchev–Trinajstić information content (AvgIpc) is 3.28. The standard InChI is InChI=1S/C23H25N5O2/c29-22(24-14-18-15-25-28(16-18)21-11-5-2-6-12-21)19-8-7-13-27(17-19)23(30)26-20-9-3-1-4-10-20/h1-6,9-12,15-16,19H,7-8,13-14,17H2,(H,24,29)(H,26,30). The van der Waals surface area contributed by atoms with E-state index in [0.29, 0.717) is 19.6 Å². The van der Waals surface area contributed by atoms with Crippen LogP contribution in [0.2, 0.25) is 0 Å².